The number of aromatic nitrogens is 2. The van der Waals surface area contributed by atoms with Crippen LogP contribution in [-0.4, -0.2) is 26.5 Å². The summed E-state index contributed by atoms with van der Waals surface area (Å²) in [5.41, 5.74) is 3.32. The van der Waals surface area contributed by atoms with E-state index < -0.39 is 0 Å². The molecule has 7 nitrogen and oxygen atoms in total. The number of anilines is 1. The van der Waals surface area contributed by atoms with Gasteiger partial charge in [-0.05, 0) is 41.8 Å². The van der Waals surface area contributed by atoms with Crippen molar-refractivity contribution in [3.8, 4) is 0 Å². The molecular weight excluding hydrogens is 452 g/mol. The molecule has 7 heteroatoms. The number of carbonyl (C=O) groups excluding carboxylic acids is 2. The molecular formula is C29H28N4O3. The zero-order valence-electron chi connectivity index (χ0n) is 20.3. The van der Waals surface area contributed by atoms with E-state index in [9.17, 15) is 14.4 Å². The van der Waals surface area contributed by atoms with Crippen LogP contribution >= 0.6 is 0 Å². The summed E-state index contributed by atoms with van der Waals surface area (Å²) >= 11 is 0. The molecule has 0 aliphatic heterocycles. The molecule has 0 saturated heterocycles. The van der Waals surface area contributed by atoms with Gasteiger partial charge in [0.2, 0.25) is 5.91 Å². The third-order valence-electron chi connectivity index (χ3n) is 5.87. The Hall–Kier alpha value is -4.52. The lowest BCUT2D eigenvalue weighted by atomic mass is 10.0. The first-order chi connectivity index (χ1) is 17.4. The minimum Gasteiger partial charge on any atom is -0.326 e. The standard InChI is InChI=1S/C29H28N4O3/c1-21(25-14-9-15-26(18-25)30-22(2)34)32(19-23-10-5-3-6-11-23)29(36)27-16-17-28(35)33(31-27)20-24-12-7-4-8-13-24/h3-18,21H,19-20H2,1-2H3,(H,30,34). The molecule has 4 aromatic rings. The number of nitrogens with one attached hydrogen (secondary N) is 1. The van der Waals surface area contributed by atoms with Gasteiger partial charge in [0.25, 0.3) is 11.5 Å². The molecule has 0 fully saturated rings. The molecule has 0 bridgehead atoms. The number of hydrogen-bond donors (Lipinski definition) is 1. The molecule has 0 spiro atoms. The molecule has 3 aromatic carbocycles. The minimum atomic E-state index is -0.331. The molecule has 1 atom stereocenters. The van der Waals surface area contributed by atoms with Crippen molar-refractivity contribution in [1.29, 1.82) is 0 Å². The Morgan fingerprint density at radius 1 is 0.889 bits per heavy atom. The lowest BCUT2D eigenvalue weighted by Gasteiger charge is -2.30. The van der Waals surface area contributed by atoms with Crippen LogP contribution in [-0.2, 0) is 17.9 Å². The third-order valence-corrected chi connectivity index (χ3v) is 5.87. The Balaban J connectivity index is 1.68. The van der Waals surface area contributed by atoms with E-state index in [0.29, 0.717) is 12.2 Å². The molecule has 2 amide bonds. The van der Waals surface area contributed by atoms with Gasteiger partial charge in [-0.3, -0.25) is 14.4 Å². The van der Waals surface area contributed by atoms with Crippen molar-refractivity contribution in [2.75, 3.05) is 5.32 Å². The van der Waals surface area contributed by atoms with Crippen molar-refractivity contribution in [1.82, 2.24) is 14.7 Å². The van der Waals surface area contributed by atoms with Crippen LogP contribution < -0.4 is 10.9 Å². The number of rotatable bonds is 8. The lowest BCUT2D eigenvalue weighted by Crippen LogP contribution is -2.35. The van der Waals surface area contributed by atoms with Gasteiger partial charge in [-0.2, -0.15) is 5.10 Å². The second kappa shape index (κ2) is 11.3. The molecule has 1 unspecified atom stereocenters. The summed E-state index contributed by atoms with van der Waals surface area (Å²) < 4.78 is 1.31. The predicted octanol–water partition coefficient (Wildman–Crippen LogP) is 4.65. The highest BCUT2D eigenvalue weighted by Gasteiger charge is 2.25. The van der Waals surface area contributed by atoms with E-state index >= 15 is 0 Å². The Morgan fingerprint density at radius 2 is 1.56 bits per heavy atom. The molecule has 1 N–H and O–H groups in total. The Bertz CT molecular complexity index is 1400. The number of nitrogens with zero attached hydrogens (tertiary/aromatic N) is 3. The van der Waals surface area contributed by atoms with Gasteiger partial charge in [-0.25, -0.2) is 4.68 Å². The number of hydrogen-bond acceptors (Lipinski definition) is 4. The molecule has 36 heavy (non-hydrogen) atoms. The van der Waals surface area contributed by atoms with E-state index in [2.05, 4.69) is 10.4 Å². The van der Waals surface area contributed by atoms with Gasteiger partial charge in [-0.1, -0.05) is 72.8 Å². The van der Waals surface area contributed by atoms with Crippen LogP contribution in [0.4, 0.5) is 5.69 Å². The fourth-order valence-electron chi connectivity index (χ4n) is 4.00. The molecule has 0 aliphatic carbocycles. The SMILES string of the molecule is CC(=O)Nc1cccc(C(C)N(Cc2ccccc2)C(=O)c2ccc(=O)n(Cc3ccccc3)n2)c1. The largest absolute Gasteiger partial charge is 0.326 e. The van der Waals surface area contributed by atoms with Gasteiger partial charge >= 0.3 is 0 Å². The summed E-state index contributed by atoms with van der Waals surface area (Å²) in [6.45, 7) is 4.02. The smallest absolute Gasteiger partial charge is 0.275 e. The first kappa shape index (κ1) is 24.6. The van der Waals surface area contributed by atoms with E-state index in [-0.39, 0.29) is 35.7 Å². The second-order valence-electron chi connectivity index (χ2n) is 8.60. The van der Waals surface area contributed by atoms with E-state index in [4.69, 9.17) is 0 Å². The first-order valence-corrected chi connectivity index (χ1v) is 11.8. The maximum atomic E-state index is 13.8. The highest BCUT2D eigenvalue weighted by molar-refractivity contribution is 5.92. The van der Waals surface area contributed by atoms with Gasteiger partial charge in [0.15, 0.2) is 0 Å². The van der Waals surface area contributed by atoms with E-state index in [0.717, 1.165) is 16.7 Å². The van der Waals surface area contributed by atoms with Crippen molar-refractivity contribution in [3.63, 3.8) is 0 Å². The van der Waals surface area contributed by atoms with Crippen molar-refractivity contribution < 1.29 is 9.59 Å². The highest BCUT2D eigenvalue weighted by atomic mass is 16.2. The Labute approximate surface area is 210 Å². The molecule has 1 aromatic heterocycles. The zero-order valence-corrected chi connectivity index (χ0v) is 20.3. The normalized spacial score (nSPS) is 11.5. The predicted molar refractivity (Wildman–Crippen MR) is 140 cm³/mol. The minimum absolute atomic E-state index is 0.165. The fourth-order valence-corrected chi connectivity index (χ4v) is 4.00. The molecule has 4 rings (SSSR count). The molecule has 0 aliphatic rings. The summed E-state index contributed by atoms with van der Waals surface area (Å²) in [5, 5.41) is 7.21. The average molecular weight is 481 g/mol. The number of amides is 2. The van der Waals surface area contributed by atoms with Crippen LogP contribution in [0.15, 0.2) is 102 Å². The van der Waals surface area contributed by atoms with Crippen molar-refractivity contribution in [3.05, 3.63) is 130 Å². The fraction of sp³-hybridized carbons (Fsp3) is 0.172. The molecule has 0 radical (unpaired) electrons. The maximum absolute atomic E-state index is 13.8. The summed E-state index contributed by atoms with van der Waals surface area (Å²) in [6, 6.07) is 29.2. The van der Waals surface area contributed by atoms with Gasteiger partial charge in [-0.15, -0.1) is 0 Å². The van der Waals surface area contributed by atoms with E-state index in [1.165, 1.54) is 23.7 Å². The van der Waals surface area contributed by atoms with Crippen molar-refractivity contribution in [2.24, 2.45) is 0 Å². The van der Waals surface area contributed by atoms with Gasteiger partial charge in [0.1, 0.15) is 5.69 Å². The van der Waals surface area contributed by atoms with E-state index in [1.807, 2.05) is 91.9 Å². The van der Waals surface area contributed by atoms with Crippen LogP contribution in [0.2, 0.25) is 0 Å². The Kier molecular flexibility index (Phi) is 7.70. The zero-order chi connectivity index (χ0) is 25.5. The van der Waals surface area contributed by atoms with Crippen LogP contribution in [0, 0.1) is 0 Å². The second-order valence-corrected chi connectivity index (χ2v) is 8.60. The van der Waals surface area contributed by atoms with Crippen molar-refractivity contribution in [2.45, 2.75) is 33.0 Å². The average Bonchev–Trinajstić information content (AvgIpc) is 2.89. The van der Waals surface area contributed by atoms with Crippen LogP contribution in [0.3, 0.4) is 0 Å². The van der Waals surface area contributed by atoms with Gasteiger partial charge < -0.3 is 10.2 Å². The number of carbonyl (C=O) groups is 2. The third kappa shape index (κ3) is 6.13. The van der Waals surface area contributed by atoms with Crippen LogP contribution in [0.25, 0.3) is 0 Å². The maximum Gasteiger partial charge on any atom is 0.275 e. The summed E-state index contributed by atoms with van der Waals surface area (Å²) in [6.07, 6.45) is 0. The van der Waals surface area contributed by atoms with Crippen LogP contribution in [0.1, 0.15) is 47.1 Å². The molecule has 182 valence electrons. The lowest BCUT2D eigenvalue weighted by molar-refractivity contribution is -0.114. The first-order valence-electron chi connectivity index (χ1n) is 11.8. The monoisotopic (exact) mass is 480 g/mol. The van der Waals surface area contributed by atoms with Gasteiger partial charge in [0.05, 0.1) is 12.6 Å². The van der Waals surface area contributed by atoms with E-state index in [1.54, 1.807) is 4.90 Å². The summed E-state index contributed by atoms with van der Waals surface area (Å²) in [5.74, 6) is -0.458. The summed E-state index contributed by atoms with van der Waals surface area (Å²) in [4.78, 5) is 39.6. The number of benzene rings is 3. The summed E-state index contributed by atoms with van der Waals surface area (Å²) in [7, 11) is 0. The van der Waals surface area contributed by atoms with Crippen molar-refractivity contribution >= 4 is 17.5 Å². The van der Waals surface area contributed by atoms with Crippen LogP contribution in [0.5, 0.6) is 0 Å². The quantitative estimate of drug-likeness (QED) is 0.398. The van der Waals surface area contributed by atoms with Gasteiger partial charge in [0, 0.05) is 25.2 Å². The molecule has 0 saturated carbocycles. The molecule has 1 heterocycles. The highest BCUT2D eigenvalue weighted by Crippen LogP contribution is 2.26. The topological polar surface area (TPSA) is 84.3 Å². The Morgan fingerprint density at radius 3 is 2.22 bits per heavy atom.